The van der Waals surface area contributed by atoms with Gasteiger partial charge in [0.25, 0.3) is 0 Å². The topological polar surface area (TPSA) is 35.0 Å². The Labute approximate surface area is 128 Å². The number of nitrogens with zero attached hydrogens (tertiary/aromatic N) is 2. The molecule has 0 atom stereocenters. The minimum atomic E-state index is 0.320. The molecule has 0 fully saturated rings. The van der Waals surface area contributed by atoms with Crippen LogP contribution in [0.1, 0.15) is 36.5 Å². The zero-order valence-corrected chi connectivity index (χ0v) is 13.4. The minimum absolute atomic E-state index is 0.320. The van der Waals surface area contributed by atoms with Crippen molar-refractivity contribution >= 4 is 23.2 Å². The highest BCUT2D eigenvalue weighted by atomic mass is 35.5. The molecule has 106 valence electrons. The van der Waals surface area contributed by atoms with Crippen LogP contribution >= 0.6 is 23.2 Å². The third-order valence-corrected chi connectivity index (χ3v) is 3.81. The lowest BCUT2D eigenvalue weighted by Crippen LogP contribution is -1.97. The zero-order valence-electron chi connectivity index (χ0n) is 11.9. The van der Waals surface area contributed by atoms with Gasteiger partial charge in [-0.1, -0.05) is 37.0 Å². The lowest BCUT2D eigenvalue weighted by Gasteiger charge is -2.15. The summed E-state index contributed by atoms with van der Waals surface area (Å²) in [6.07, 6.45) is 1.39. The summed E-state index contributed by atoms with van der Waals surface area (Å²) in [5.74, 6) is 1.52. The fourth-order valence-corrected chi connectivity index (χ4v) is 2.40. The molecule has 5 heteroatoms. The molecular weight excluding hydrogens is 295 g/mol. The second-order valence-electron chi connectivity index (χ2n) is 4.99. The molecule has 2 rings (SSSR count). The molecule has 1 aromatic carbocycles. The molecule has 0 aliphatic carbocycles. The Morgan fingerprint density at radius 2 is 1.80 bits per heavy atom. The molecule has 0 amide bonds. The van der Waals surface area contributed by atoms with Crippen LogP contribution in [0.3, 0.4) is 0 Å². The van der Waals surface area contributed by atoms with Crippen molar-refractivity contribution in [3.05, 3.63) is 45.3 Å². The van der Waals surface area contributed by atoms with E-state index in [0.29, 0.717) is 17.0 Å². The first kappa shape index (κ1) is 15.1. The van der Waals surface area contributed by atoms with Gasteiger partial charge in [0, 0.05) is 10.6 Å². The van der Waals surface area contributed by atoms with Gasteiger partial charge in [0.1, 0.15) is 17.2 Å². The third kappa shape index (κ3) is 3.05. The van der Waals surface area contributed by atoms with Gasteiger partial charge in [0.15, 0.2) is 0 Å². The number of hydrogen-bond donors (Lipinski definition) is 0. The molecule has 0 N–H and O–H groups in total. The summed E-state index contributed by atoms with van der Waals surface area (Å²) in [7, 11) is 0. The van der Waals surface area contributed by atoms with E-state index in [0.717, 1.165) is 27.5 Å². The fourth-order valence-electron chi connectivity index (χ4n) is 1.84. The van der Waals surface area contributed by atoms with Gasteiger partial charge < -0.3 is 4.74 Å². The van der Waals surface area contributed by atoms with Crippen molar-refractivity contribution < 1.29 is 4.74 Å². The van der Waals surface area contributed by atoms with E-state index in [1.807, 2.05) is 26.0 Å². The van der Waals surface area contributed by atoms with Gasteiger partial charge in [-0.3, -0.25) is 0 Å². The van der Waals surface area contributed by atoms with Gasteiger partial charge in [0.05, 0.1) is 0 Å². The molecule has 20 heavy (non-hydrogen) atoms. The van der Waals surface area contributed by atoms with Gasteiger partial charge in [-0.05, 0) is 43.0 Å². The lowest BCUT2D eigenvalue weighted by molar-refractivity contribution is 0.453. The molecule has 0 unspecified atom stereocenters. The molecule has 0 radical (unpaired) electrons. The van der Waals surface area contributed by atoms with Crippen LogP contribution in [-0.2, 0) is 0 Å². The number of rotatable bonds is 3. The van der Waals surface area contributed by atoms with E-state index in [1.54, 1.807) is 0 Å². The van der Waals surface area contributed by atoms with Crippen molar-refractivity contribution in [1.82, 2.24) is 9.97 Å². The van der Waals surface area contributed by atoms with Crippen LogP contribution in [0.15, 0.2) is 18.5 Å². The van der Waals surface area contributed by atoms with Crippen molar-refractivity contribution in [2.24, 2.45) is 0 Å². The smallest absolute Gasteiger partial charge is 0.226 e. The summed E-state index contributed by atoms with van der Waals surface area (Å²) in [4.78, 5) is 8.04. The SMILES string of the molecule is Cc1cc(Cl)c(C(C)C)cc1Oc1ncnc(Cl)c1C. The predicted molar refractivity (Wildman–Crippen MR) is 82.1 cm³/mol. The second kappa shape index (κ2) is 5.98. The molecule has 3 nitrogen and oxygen atoms in total. The highest BCUT2D eigenvalue weighted by molar-refractivity contribution is 6.31. The normalized spacial score (nSPS) is 10.9. The maximum absolute atomic E-state index is 6.25. The van der Waals surface area contributed by atoms with Crippen LogP contribution in [0, 0.1) is 13.8 Å². The van der Waals surface area contributed by atoms with Crippen LogP contribution < -0.4 is 4.74 Å². The Hall–Kier alpha value is -1.32. The molecule has 2 aromatic rings. The van der Waals surface area contributed by atoms with Gasteiger partial charge in [0.2, 0.25) is 5.88 Å². The average Bonchev–Trinajstić information content (AvgIpc) is 2.37. The number of hydrogen-bond acceptors (Lipinski definition) is 3. The van der Waals surface area contributed by atoms with E-state index < -0.39 is 0 Å². The maximum atomic E-state index is 6.25. The average molecular weight is 311 g/mol. The van der Waals surface area contributed by atoms with Crippen molar-refractivity contribution in [3.63, 3.8) is 0 Å². The summed E-state index contributed by atoms with van der Waals surface area (Å²) < 4.78 is 5.87. The summed E-state index contributed by atoms with van der Waals surface area (Å²) in [5, 5.41) is 1.15. The predicted octanol–water partition coefficient (Wildman–Crippen LogP) is 5.32. The van der Waals surface area contributed by atoms with E-state index in [9.17, 15) is 0 Å². The first-order valence-corrected chi connectivity index (χ1v) is 7.10. The number of halogens is 2. The number of aryl methyl sites for hydroxylation is 1. The van der Waals surface area contributed by atoms with Crippen LogP contribution in [0.5, 0.6) is 11.6 Å². The lowest BCUT2D eigenvalue weighted by atomic mass is 10.0. The molecule has 0 saturated carbocycles. The summed E-state index contributed by atoms with van der Waals surface area (Å²) >= 11 is 12.2. The van der Waals surface area contributed by atoms with Crippen LogP contribution in [0.2, 0.25) is 10.2 Å². The Morgan fingerprint density at radius 3 is 2.45 bits per heavy atom. The van der Waals surface area contributed by atoms with Crippen LogP contribution in [-0.4, -0.2) is 9.97 Å². The van der Waals surface area contributed by atoms with E-state index in [1.165, 1.54) is 6.33 Å². The van der Waals surface area contributed by atoms with Crippen molar-refractivity contribution in [2.75, 3.05) is 0 Å². The van der Waals surface area contributed by atoms with Gasteiger partial charge in [-0.15, -0.1) is 0 Å². The Morgan fingerprint density at radius 1 is 1.10 bits per heavy atom. The number of benzene rings is 1. The number of aromatic nitrogens is 2. The maximum Gasteiger partial charge on any atom is 0.226 e. The zero-order chi connectivity index (χ0) is 14.9. The summed E-state index contributed by atoms with van der Waals surface area (Å²) in [5.41, 5.74) is 2.72. The molecule has 0 bridgehead atoms. The number of ether oxygens (including phenoxy) is 1. The van der Waals surface area contributed by atoms with E-state index in [4.69, 9.17) is 27.9 Å². The fraction of sp³-hybridized carbons (Fsp3) is 0.333. The van der Waals surface area contributed by atoms with E-state index in [-0.39, 0.29) is 0 Å². The van der Waals surface area contributed by atoms with E-state index >= 15 is 0 Å². The Kier molecular flexibility index (Phi) is 4.51. The van der Waals surface area contributed by atoms with Gasteiger partial charge in [-0.25, -0.2) is 9.97 Å². The molecule has 0 spiro atoms. The quantitative estimate of drug-likeness (QED) is 0.720. The Bertz CT molecular complexity index is 642. The molecule has 0 aliphatic heterocycles. The first-order chi connectivity index (χ1) is 9.40. The molecule has 0 saturated heterocycles. The molecular formula is C15H16Cl2N2O. The van der Waals surface area contributed by atoms with Crippen LogP contribution in [0.25, 0.3) is 0 Å². The van der Waals surface area contributed by atoms with Gasteiger partial charge >= 0.3 is 0 Å². The van der Waals surface area contributed by atoms with Crippen molar-refractivity contribution in [3.8, 4) is 11.6 Å². The van der Waals surface area contributed by atoms with Gasteiger partial charge in [-0.2, -0.15) is 0 Å². The van der Waals surface area contributed by atoms with Crippen molar-refractivity contribution in [1.29, 1.82) is 0 Å². The Balaban J connectivity index is 2.43. The largest absolute Gasteiger partial charge is 0.438 e. The van der Waals surface area contributed by atoms with Crippen molar-refractivity contribution in [2.45, 2.75) is 33.6 Å². The molecule has 1 heterocycles. The highest BCUT2D eigenvalue weighted by Gasteiger charge is 2.13. The molecule has 1 aromatic heterocycles. The van der Waals surface area contributed by atoms with E-state index in [2.05, 4.69) is 23.8 Å². The standard InChI is InChI=1S/C15H16Cl2N2O/c1-8(2)11-6-13(9(3)5-12(11)16)20-15-10(4)14(17)18-7-19-15/h5-8H,1-4H3. The monoisotopic (exact) mass is 310 g/mol. The minimum Gasteiger partial charge on any atom is -0.438 e. The summed E-state index contributed by atoms with van der Waals surface area (Å²) in [6.45, 7) is 7.95. The highest BCUT2D eigenvalue weighted by Crippen LogP contribution is 2.34. The van der Waals surface area contributed by atoms with Crippen LogP contribution in [0.4, 0.5) is 0 Å². The first-order valence-electron chi connectivity index (χ1n) is 6.35. The summed E-state index contributed by atoms with van der Waals surface area (Å²) in [6, 6.07) is 3.86. The third-order valence-electron chi connectivity index (χ3n) is 3.10. The molecule has 0 aliphatic rings. The second-order valence-corrected chi connectivity index (χ2v) is 5.76.